The Morgan fingerprint density at radius 1 is 1.03 bits per heavy atom. The topological polar surface area (TPSA) is 78.5 Å². The van der Waals surface area contributed by atoms with Crippen molar-refractivity contribution >= 4 is 27.6 Å². The zero-order valence-corrected chi connectivity index (χ0v) is 21.5. The van der Waals surface area contributed by atoms with Crippen LogP contribution >= 0.6 is 0 Å². The van der Waals surface area contributed by atoms with Crippen LogP contribution in [-0.2, 0) is 31.4 Å². The zero-order chi connectivity index (χ0) is 26.1. The van der Waals surface area contributed by atoms with Crippen LogP contribution in [0.2, 0.25) is 0 Å². The lowest BCUT2D eigenvalue weighted by molar-refractivity contribution is 0.0683. The monoisotopic (exact) mass is 509 g/mol. The minimum atomic E-state index is -0.894. The normalized spacial score (nSPS) is 13.8. The second-order valence-electron chi connectivity index (χ2n) is 9.80. The highest BCUT2D eigenvalue weighted by Gasteiger charge is 2.26. The first-order chi connectivity index (χ1) is 18.6. The first kappa shape index (κ1) is 24.2. The molecule has 1 N–H and O–H groups in total. The fourth-order valence-corrected chi connectivity index (χ4v) is 5.67. The van der Waals surface area contributed by atoms with E-state index in [9.17, 15) is 9.90 Å². The molecule has 7 nitrogen and oxygen atoms in total. The molecular formula is C31H31N3O4. The van der Waals surface area contributed by atoms with E-state index < -0.39 is 5.97 Å². The average Bonchev–Trinajstić information content (AvgIpc) is 3.44. The van der Waals surface area contributed by atoms with Crippen LogP contribution in [0.4, 0.5) is 0 Å². The van der Waals surface area contributed by atoms with Gasteiger partial charge in [-0.25, -0.2) is 4.79 Å². The number of aryl methyl sites for hydroxylation is 3. The van der Waals surface area contributed by atoms with E-state index in [0.29, 0.717) is 44.9 Å². The number of fused-ring (bicyclic) bond motifs is 3. The molecule has 3 heterocycles. The zero-order valence-electron chi connectivity index (χ0n) is 21.5. The van der Waals surface area contributed by atoms with Crippen molar-refractivity contribution in [2.75, 3.05) is 13.2 Å². The molecular weight excluding hydrogens is 478 g/mol. The second kappa shape index (κ2) is 10.3. The number of carboxylic acids is 1. The number of carbonyl (C=O) groups is 1. The van der Waals surface area contributed by atoms with Crippen molar-refractivity contribution in [1.29, 1.82) is 0 Å². The average molecular weight is 510 g/mol. The molecule has 0 aliphatic carbocycles. The molecule has 0 unspecified atom stereocenters. The van der Waals surface area contributed by atoms with Gasteiger partial charge in [-0.2, -0.15) is 5.10 Å². The number of hydrogen-bond acceptors (Lipinski definition) is 4. The summed E-state index contributed by atoms with van der Waals surface area (Å²) in [6.45, 7) is 2.24. The molecule has 1 aliphatic rings. The Balaban J connectivity index is 1.37. The van der Waals surface area contributed by atoms with Crippen LogP contribution < -0.4 is 4.74 Å². The third-order valence-electron chi connectivity index (χ3n) is 7.48. The molecule has 5 aromatic rings. The van der Waals surface area contributed by atoms with Crippen molar-refractivity contribution in [3.63, 3.8) is 0 Å². The van der Waals surface area contributed by atoms with Crippen LogP contribution in [0, 0.1) is 0 Å². The number of rotatable bonds is 6. The summed E-state index contributed by atoms with van der Waals surface area (Å²) < 4.78 is 16.0. The smallest absolute Gasteiger partial charge is 0.352 e. The van der Waals surface area contributed by atoms with E-state index in [0.717, 1.165) is 62.7 Å². The van der Waals surface area contributed by atoms with Gasteiger partial charge in [0, 0.05) is 42.1 Å². The minimum absolute atomic E-state index is 0.378. The van der Waals surface area contributed by atoms with Gasteiger partial charge in [0.2, 0.25) is 0 Å². The Bertz CT molecular complexity index is 1630. The number of benzene rings is 3. The summed E-state index contributed by atoms with van der Waals surface area (Å²) in [6.07, 6.45) is 4.89. The molecule has 6 rings (SSSR count). The molecule has 0 atom stereocenters. The molecule has 38 heavy (non-hydrogen) atoms. The molecule has 1 aliphatic heterocycles. The van der Waals surface area contributed by atoms with Gasteiger partial charge < -0.3 is 19.1 Å². The van der Waals surface area contributed by atoms with Gasteiger partial charge in [-0.3, -0.25) is 4.68 Å². The third-order valence-corrected chi connectivity index (χ3v) is 7.48. The Morgan fingerprint density at radius 3 is 2.74 bits per heavy atom. The maximum absolute atomic E-state index is 12.7. The van der Waals surface area contributed by atoms with Crippen LogP contribution in [-0.4, -0.2) is 38.6 Å². The Labute approximate surface area is 221 Å². The van der Waals surface area contributed by atoms with Gasteiger partial charge in [0.05, 0.1) is 30.6 Å². The van der Waals surface area contributed by atoms with Crippen LogP contribution in [0.5, 0.6) is 5.75 Å². The number of para-hydroxylation sites is 1. The second-order valence-corrected chi connectivity index (χ2v) is 9.80. The number of carboxylic acid groups (broad SMARTS) is 1. The van der Waals surface area contributed by atoms with Crippen LogP contribution in [0.15, 0.2) is 66.9 Å². The van der Waals surface area contributed by atoms with E-state index in [1.165, 1.54) is 0 Å². The number of nitrogens with zero attached hydrogens (tertiary/aromatic N) is 3. The van der Waals surface area contributed by atoms with Crippen molar-refractivity contribution in [3.05, 3.63) is 83.8 Å². The van der Waals surface area contributed by atoms with Crippen LogP contribution in [0.3, 0.4) is 0 Å². The van der Waals surface area contributed by atoms with E-state index >= 15 is 0 Å². The maximum atomic E-state index is 12.7. The van der Waals surface area contributed by atoms with Crippen molar-refractivity contribution in [2.45, 2.75) is 38.8 Å². The lowest BCUT2D eigenvalue weighted by Crippen LogP contribution is -2.12. The first-order valence-corrected chi connectivity index (χ1v) is 13.2. The summed E-state index contributed by atoms with van der Waals surface area (Å²) in [7, 11) is 1.92. The maximum Gasteiger partial charge on any atom is 0.352 e. The summed E-state index contributed by atoms with van der Waals surface area (Å²) in [5, 5.41) is 18.1. The molecule has 194 valence electrons. The molecule has 0 saturated heterocycles. The lowest BCUT2D eigenvalue weighted by Gasteiger charge is -2.11. The van der Waals surface area contributed by atoms with Crippen molar-refractivity contribution in [1.82, 2.24) is 14.3 Å². The number of aromatic nitrogens is 3. The molecule has 0 spiro atoms. The molecule has 2 aromatic heterocycles. The molecule has 0 fully saturated rings. The fraction of sp³-hybridized carbons (Fsp3) is 0.290. The highest BCUT2D eigenvalue weighted by Crippen LogP contribution is 2.37. The Kier molecular flexibility index (Phi) is 6.60. The summed E-state index contributed by atoms with van der Waals surface area (Å²) >= 11 is 0. The number of hydrogen-bond donors (Lipinski definition) is 1. The largest absolute Gasteiger partial charge is 0.493 e. The Hall–Kier alpha value is -4.10. The van der Waals surface area contributed by atoms with Gasteiger partial charge in [0.1, 0.15) is 11.4 Å². The standard InChI is InChI=1S/C31H31N3O4/c1-33-27-20-37-17-5-4-16-34-29-23(12-7-13-25(29)26(27)19-32-33)24(30(34)31(35)36)14-8-18-38-28-15-6-10-21-9-2-3-11-22(21)28/h2-3,6-7,9-13,15,19H,4-5,8,14,16-18,20H2,1H3,(H,35,36). The lowest BCUT2D eigenvalue weighted by atomic mass is 10.00. The predicted molar refractivity (Wildman–Crippen MR) is 148 cm³/mol. The van der Waals surface area contributed by atoms with Crippen molar-refractivity contribution < 1.29 is 19.4 Å². The summed E-state index contributed by atoms with van der Waals surface area (Å²) in [4.78, 5) is 12.7. The van der Waals surface area contributed by atoms with E-state index in [2.05, 4.69) is 35.4 Å². The highest BCUT2D eigenvalue weighted by molar-refractivity contribution is 6.04. The Morgan fingerprint density at radius 2 is 1.84 bits per heavy atom. The minimum Gasteiger partial charge on any atom is -0.493 e. The van der Waals surface area contributed by atoms with Gasteiger partial charge in [0.25, 0.3) is 0 Å². The fourth-order valence-electron chi connectivity index (χ4n) is 5.67. The number of aromatic carboxylic acids is 1. The van der Waals surface area contributed by atoms with Crippen molar-refractivity contribution in [2.24, 2.45) is 7.05 Å². The number of ether oxygens (including phenoxy) is 2. The third kappa shape index (κ3) is 4.33. The molecule has 0 amide bonds. The molecule has 0 radical (unpaired) electrons. The van der Waals surface area contributed by atoms with E-state index in [-0.39, 0.29) is 0 Å². The SMILES string of the molecule is Cn1ncc2c1COCCCCn1c(C(=O)O)c(CCCOc3cccc4ccccc34)c3cccc-2c31. The summed E-state index contributed by atoms with van der Waals surface area (Å²) in [5.74, 6) is -0.0401. The highest BCUT2D eigenvalue weighted by atomic mass is 16.5. The van der Waals surface area contributed by atoms with E-state index in [4.69, 9.17) is 9.47 Å². The molecule has 3 aromatic carbocycles. The molecule has 0 bridgehead atoms. The molecule has 7 heteroatoms. The first-order valence-electron chi connectivity index (χ1n) is 13.2. The summed E-state index contributed by atoms with van der Waals surface area (Å²) in [6, 6.07) is 20.4. The van der Waals surface area contributed by atoms with Gasteiger partial charge >= 0.3 is 5.97 Å². The predicted octanol–water partition coefficient (Wildman–Crippen LogP) is 6.22. The molecule has 0 saturated carbocycles. The van der Waals surface area contributed by atoms with Gasteiger partial charge in [-0.1, -0.05) is 54.6 Å². The van der Waals surface area contributed by atoms with E-state index in [1.807, 2.05) is 52.8 Å². The van der Waals surface area contributed by atoms with Crippen LogP contribution in [0.1, 0.15) is 41.0 Å². The van der Waals surface area contributed by atoms with Gasteiger partial charge in [-0.15, -0.1) is 0 Å². The summed E-state index contributed by atoms with van der Waals surface area (Å²) in [5.41, 5.74) is 5.19. The quantitative estimate of drug-likeness (QED) is 0.275. The van der Waals surface area contributed by atoms with Crippen molar-refractivity contribution in [3.8, 4) is 16.9 Å². The van der Waals surface area contributed by atoms with E-state index in [1.54, 1.807) is 0 Å². The van der Waals surface area contributed by atoms with Gasteiger partial charge in [-0.05, 0) is 42.7 Å². The van der Waals surface area contributed by atoms with Crippen LogP contribution in [0.25, 0.3) is 32.8 Å². The van der Waals surface area contributed by atoms with Gasteiger partial charge in [0.15, 0.2) is 0 Å².